The normalized spacial score (nSPS) is 27.7. The van der Waals surface area contributed by atoms with Crippen LogP contribution in [0.5, 0.6) is 5.75 Å². The van der Waals surface area contributed by atoms with E-state index in [-0.39, 0.29) is 16.2 Å². The summed E-state index contributed by atoms with van der Waals surface area (Å²) < 4.78 is 33.1. The van der Waals surface area contributed by atoms with Gasteiger partial charge in [0.25, 0.3) is 0 Å². The first-order valence-corrected chi connectivity index (χ1v) is 10.8. The topological polar surface area (TPSA) is 66.9 Å². The van der Waals surface area contributed by atoms with Gasteiger partial charge in [-0.3, -0.25) is 4.79 Å². The number of nitrogens with zero attached hydrogens (tertiary/aromatic N) is 2. The number of ether oxygens (including phenoxy) is 1. The van der Waals surface area contributed by atoms with Gasteiger partial charge in [-0.15, -0.1) is 0 Å². The average Bonchev–Trinajstić information content (AvgIpc) is 3.49. The lowest BCUT2D eigenvalue weighted by Crippen LogP contribution is -2.55. The maximum Gasteiger partial charge on any atom is 0.243 e. The molecule has 2 aliphatic heterocycles. The molecular weight excluding hydrogens is 352 g/mol. The van der Waals surface area contributed by atoms with Crippen molar-refractivity contribution in [1.29, 1.82) is 0 Å². The van der Waals surface area contributed by atoms with Crippen LogP contribution in [-0.2, 0) is 14.8 Å². The highest BCUT2D eigenvalue weighted by Crippen LogP contribution is 2.43. The lowest BCUT2D eigenvalue weighted by atomic mass is 9.74. The van der Waals surface area contributed by atoms with Crippen molar-refractivity contribution >= 4 is 15.9 Å². The summed E-state index contributed by atoms with van der Waals surface area (Å²) in [5.41, 5.74) is -0.0965. The van der Waals surface area contributed by atoms with Crippen LogP contribution in [0, 0.1) is 5.41 Å². The smallest absolute Gasteiger partial charge is 0.243 e. The van der Waals surface area contributed by atoms with Gasteiger partial charge >= 0.3 is 0 Å². The van der Waals surface area contributed by atoms with Crippen molar-refractivity contribution in [2.45, 2.75) is 49.5 Å². The lowest BCUT2D eigenvalue weighted by molar-refractivity contribution is -0.139. The number of sulfonamides is 1. The van der Waals surface area contributed by atoms with Crippen LogP contribution in [0.4, 0.5) is 0 Å². The third-order valence-electron chi connectivity index (χ3n) is 5.99. The number of carbonyl (C=O) groups is 1. The van der Waals surface area contributed by atoms with Gasteiger partial charge in [0.15, 0.2) is 0 Å². The van der Waals surface area contributed by atoms with E-state index in [1.807, 2.05) is 4.90 Å². The van der Waals surface area contributed by atoms with E-state index in [9.17, 15) is 13.2 Å². The molecular formula is C19H26N2O4S. The van der Waals surface area contributed by atoms with Gasteiger partial charge in [-0.1, -0.05) is 6.07 Å². The second-order valence-electron chi connectivity index (χ2n) is 7.87. The Morgan fingerprint density at radius 2 is 2.00 bits per heavy atom. The molecule has 0 aromatic heterocycles. The molecule has 1 atom stereocenters. The number of carbonyl (C=O) groups excluding carboxylic acids is 1. The summed E-state index contributed by atoms with van der Waals surface area (Å²) in [4.78, 5) is 14.5. The Labute approximate surface area is 155 Å². The van der Waals surface area contributed by atoms with E-state index in [4.69, 9.17) is 4.74 Å². The molecule has 1 aliphatic carbocycles. The summed E-state index contributed by atoms with van der Waals surface area (Å²) in [6, 6.07) is 7.05. The minimum Gasteiger partial charge on any atom is -0.497 e. The Kier molecular flexibility index (Phi) is 4.47. The molecule has 0 N–H and O–H groups in total. The highest BCUT2D eigenvalue weighted by atomic mass is 32.2. The van der Waals surface area contributed by atoms with Crippen LogP contribution in [0.3, 0.4) is 0 Å². The minimum absolute atomic E-state index is 0.0965. The molecule has 0 radical (unpaired) electrons. The summed E-state index contributed by atoms with van der Waals surface area (Å²) in [5, 5.41) is 0. The summed E-state index contributed by atoms with van der Waals surface area (Å²) in [6.07, 6.45) is 5.35. The van der Waals surface area contributed by atoms with Gasteiger partial charge < -0.3 is 9.64 Å². The van der Waals surface area contributed by atoms with E-state index in [2.05, 4.69) is 0 Å². The lowest BCUT2D eigenvalue weighted by Gasteiger charge is -2.48. The third-order valence-corrected chi connectivity index (χ3v) is 7.83. The van der Waals surface area contributed by atoms with Crippen LogP contribution in [0.25, 0.3) is 0 Å². The molecule has 2 heterocycles. The maximum absolute atomic E-state index is 13.2. The van der Waals surface area contributed by atoms with Crippen molar-refractivity contribution in [2.75, 3.05) is 26.7 Å². The SMILES string of the molecule is COc1cccc(S(=O)(=O)N2CCC[C@@]3(CCC(=O)N(C4CC4)C3)C2)c1. The standard InChI is InChI=1S/C19H26N2O4S/c1-25-16-4-2-5-17(12-16)26(23,24)20-11-3-9-19(13-20)10-8-18(22)21(14-19)15-6-7-15/h2,4-5,12,15H,3,6-11,13-14H2,1H3/t19-/m1/s1. The molecule has 7 heteroatoms. The molecule has 2 saturated heterocycles. The van der Waals surface area contributed by atoms with Gasteiger partial charge in [0.2, 0.25) is 15.9 Å². The summed E-state index contributed by atoms with van der Waals surface area (Å²) in [6.45, 7) is 1.75. The zero-order valence-corrected chi connectivity index (χ0v) is 16.0. The Bertz CT molecular complexity index is 806. The molecule has 3 fully saturated rings. The summed E-state index contributed by atoms with van der Waals surface area (Å²) in [7, 11) is -2.02. The fraction of sp³-hybridized carbons (Fsp3) is 0.632. The first-order chi connectivity index (χ1) is 12.4. The van der Waals surface area contributed by atoms with Gasteiger partial charge in [0.05, 0.1) is 12.0 Å². The van der Waals surface area contributed by atoms with Gasteiger partial charge in [0, 0.05) is 43.6 Å². The molecule has 0 bridgehead atoms. The van der Waals surface area contributed by atoms with Gasteiger partial charge in [-0.2, -0.15) is 4.31 Å². The van der Waals surface area contributed by atoms with Crippen LogP contribution in [0.1, 0.15) is 38.5 Å². The van der Waals surface area contributed by atoms with Crippen molar-refractivity contribution in [3.8, 4) is 5.75 Å². The van der Waals surface area contributed by atoms with Crippen molar-refractivity contribution in [3.63, 3.8) is 0 Å². The fourth-order valence-corrected chi connectivity index (χ4v) is 6.00. The second kappa shape index (κ2) is 6.53. The molecule has 142 valence electrons. The first-order valence-electron chi connectivity index (χ1n) is 9.37. The van der Waals surface area contributed by atoms with E-state index >= 15 is 0 Å². The molecule has 1 saturated carbocycles. The number of piperidine rings is 2. The molecule has 1 amide bonds. The zero-order valence-electron chi connectivity index (χ0n) is 15.2. The number of likely N-dealkylation sites (tertiary alicyclic amines) is 1. The number of hydrogen-bond donors (Lipinski definition) is 0. The maximum atomic E-state index is 13.2. The number of methoxy groups -OCH3 is 1. The minimum atomic E-state index is -3.56. The van der Waals surface area contributed by atoms with E-state index in [0.717, 1.165) is 32.1 Å². The zero-order chi connectivity index (χ0) is 18.4. The third kappa shape index (κ3) is 3.22. The Balaban J connectivity index is 1.57. The molecule has 1 aromatic rings. The first kappa shape index (κ1) is 17.8. The Morgan fingerprint density at radius 3 is 2.73 bits per heavy atom. The molecule has 6 nitrogen and oxygen atoms in total. The second-order valence-corrected chi connectivity index (χ2v) is 9.81. The Hall–Kier alpha value is -1.60. The Morgan fingerprint density at radius 1 is 1.19 bits per heavy atom. The molecule has 4 rings (SSSR count). The number of hydrogen-bond acceptors (Lipinski definition) is 4. The molecule has 26 heavy (non-hydrogen) atoms. The quantitative estimate of drug-likeness (QED) is 0.806. The molecule has 3 aliphatic rings. The van der Waals surface area contributed by atoms with Crippen LogP contribution in [0.2, 0.25) is 0 Å². The highest BCUT2D eigenvalue weighted by molar-refractivity contribution is 7.89. The van der Waals surface area contributed by atoms with Crippen LogP contribution in [-0.4, -0.2) is 56.3 Å². The van der Waals surface area contributed by atoms with E-state index in [0.29, 0.717) is 37.8 Å². The molecule has 1 spiro atoms. The number of benzene rings is 1. The highest BCUT2D eigenvalue weighted by Gasteiger charge is 2.47. The molecule has 0 unspecified atom stereocenters. The van der Waals surface area contributed by atoms with Crippen LogP contribution in [0.15, 0.2) is 29.2 Å². The van der Waals surface area contributed by atoms with E-state index in [1.165, 1.54) is 7.11 Å². The number of amides is 1. The largest absolute Gasteiger partial charge is 0.497 e. The van der Waals surface area contributed by atoms with Crippen molar-refractivity contribution < 1.29 is 17.9 Å². The predicted molar refractivity (Wildman–Crippen MR) is 97.4 cm³/mol. The van der Waals surface area contributed by atoms with E-state index < -0.39 is 10.0 Å². The van der Waals surface area contributed by atoms with Gasteiger partial charge in [-0.25, -0.2) is 8.42 Å². The van der Waals surface area contributed by atoms with Crippen molar-refractivity contribution in [3.05, 3.63) is 24.3 Å². The van der Waals surface area contributed by atoms with Gasteiger partial charge in [0.1, 0.15) is 5.75 Å². The predicted octanol–water partition coefficient (Wildman–Crippen LogP) is 2.25. The van der Waals surface area contributed by atoms with Crippen LogP contribution >= 0.6 is 0 Å². The molecule has 1 aromatic carbocycles. The van der Waals surface area contributed by atoms with E-state index in [1.54, 1.807) is 28.6 Å². The average molecular weight is 378 g/mol. The van der Waals surface area contributed by atoms with Crippen molar-refractivity contribution in [2.24, 2.45) is 5.41 Å². The van der Waals surface area contributed by atoms with Crippen molar-refractivity contribution in [1.82, 2.24) is 9.21 Å². The fourth-order valence-electron chi connectivity index (χ4n) is 4.37. The summed E-state index contributed by atoms with van der Waals surface area (Å²) >= 11 is 0. The van der Waals surface area contributed by atoms with Crippen LogP contribution < -0.4 is 4.74 Å². The van der Waals surface area contributed by atoms with Gasteiger partial charge in [-0.05, 0) is 44.2 Å². The number of rotatable bonds is 4. The monoisotopic (exact) mass is 378 g/mol. The summed E-state index contributed by atoms with van der Waals surface area (Å²) in [5.74, 6) is 0.784.